The minimum absolute atomic E-state index is 0.146. The maximum absolute atomic E-state index is 14.0. The van der Waals surface area contributed by atoms with E-state index in [4.69, 9.17) is 4.42 Å². The quantitative estimate of drug-likeness (QED) is 0.649. The van der Waals surface area contributed by atoms with Crippen LogP contribution in [0.1, 0.15) is 24.2 Å². The predicted molar refractivity (Wildman–Crippen MR) is 116 cm³/mol. The predicted octanol–water partition coefficient (Wildman–Crippen LogP) is 3.71. The Morgan fingerprint density at radius 1 is 1.30 bits per heavy atom. The van der Waals surface area contributed by atoms with Crippen molar-refractivity contribution in [2.75, 3.05) is 38.1 Å². The molecule has 4 rings (SSSR count). The molecular weight excluding hydrogens is 403 g/mol. The van der Waals surface area contributed by atoms with Crippen LogP contribution >= 0.6 is 11.3 Å². The zero-order valence-electron chi connectivity index (χ0n) is 17.1. The second-order valence-electron chi connectivity index (χ2n) is 7.58. The molecule has 0 bridgehead atoms. The molecule has 8 heteroatoms. The second kappa shape index (κ2) is 8.97. The number of thiazole rings is 1. The SMILES string of the molecule is CC(NC(=O)Cc1csc(-c2ccco2)n1)c1cc(F)ccc1N1CCN(C)CC1. The molecule has 30 heavy (non-hydrogen) atoms. The summed E-state index contributed by atoms with van der Waals surface area (Å²) in [6.45, 7) is 5.56. The van der Waals surface area contributed by atoms with Crippen LogP contribution < -0.4 is 10.2 Å². The second-order valence-corrected chi connectivity index (χ2v) is 8.44. The summed E-state index contributed by atoms with van der Waals surface area (Å²) in [5.74, 6) is 0.246. The van der Waals surface area contributed by atoms with Gasteiger partial charge in [-0.2, -0.15) is 0 Å². The Bertz CT molecular complexity index is 996. The van der Waals surface area contributed by atoms with Crippen molar-refractivity contribution in [3.8, 4) is 10.8 Å². The van der Waals surface area contributed by atoms with Crippen LogP contribution in [-0.2, 0) is 11.2 Å². The van der Waals surface area contributed by atoms with Gasteiger partial charge in [0.15, 0.2) is 10.8 Å². The highest BCUT2D eigenvalue weighted by Gasteiger charge is 2.21. The minimum Gasteiger partial charge on any atom is -0.462 e. The van der Waals surface area contributed by atoms with Gasteiger partial charge in [-0.1, -0.05) is 0 Å². The molecule has 1 fully saturated rings. The number of hydrogen-bond donors (Lipinski definition) is 1. The number of rotatable bonds is 6. The van der Waals surface area contributed by atoms with Gasteiger partial charge in [-0.3, -0.25) is 4.79 Å². The van der Waals surface area contributed by atoms with Crippen LogP contribution in [0.3, 0.4) is 0 Å². The van der Waals surface area contributed by atoms with E-state index < -0.39 is 0 Å². The van der Waals surface area contributed by atoms with E-state index in [9.17, 15) is 9.18 Å². The van der Waals surface area contributed by atoms with Gasteiger partial charge in [-0.15, -0.1) is 11.3 Å². The summed E-state index contributed by atoms with van der Waals surface area (Å²) in [5.41, 5.74) is 2.46. The summed E-state index contributed by atoms with van der Waals surface area (Å²) < 4.78 is 19.4. The summed E-state index contributed by atoms with van der Waals surface area (Å²) in [7, 11) is 2.10. The summed E-state index contributed by atoms with van der Waals surface area (Å²) in [6.07, 6.45) is 1.77. The molecule has 1 aromatic carbocycles. The van der Waals surface area contributed by atoms with Crippen LogP contribution in [0.4, 0.5) is 10.1 Å². The first-order chi connectivity index (χ1) is 14.5. The van der Waals surface area contributed by atoms with E-state index in [0.29, 0.717) is 11.5 Å². The summed E-state index contributed by atoms with van der Waals surface area (Å²) in [4.78, 5) is 21.6. The molecule has 1 amide bonds. The lowest BCUT2D eigenvalue weighted by Crippen LogP contribution is -2.45. The fraction of sp³-hybridized carbons (Fsp3) is 0.364. The van der Waals surface area contributed by atoms with Crippen molar-refractivity contribution in [2.24, 2.45) is 0 Å². The zero-order valence-corrected chi connectivity index (χ0v) is 17.9. The molecule has 1 aliphatic heterocycles. The first-order valence-corrected chi connectivity index (χ1v) is 10.9. The van der Waals surface area contributed by atoms with Crippen LogP contribution in [0.2, 0.25) is 0 Å². The van der Waals surface area contributed by atoms with Crippen LogP contribution in [0.5, 0.6) is 0 Å². The van der Waals surface area contributed by atoms with Crippen LogP contribution in [0, 0.1) is 5.82 Å². The van der Waals surface area contributed by atoms with E-state index in [1.165, 1.54) is 23.5 Å². The highest BCUT2D eigenvalue weighted by Crippen LogP contribution is 2.29. The Balaban J connectivity index is 1.44. The smallest absolute Gasteiger partial charge is 0.226 e. The van der Waals surface area contributed by atoms with E-state index in [0.717, 1.165) is 42.4 Å². The molecule has 1 N–H and O–H groups in total. The van der Waals surface area contributed by atoms with Crippen molar-refractivity contribution in [3.63, 3.8) is 0 Å². The number of aromatic nitrogens is 1. The summed E-state index contributed by atoms with van der Waals surface area (Å²) in [5, 5.41) is 5.61. The van der Waals surface area contributed by atoms with Gasteiger partial charge in [0.1, 0.15) is 5.82 Å². The number of carbonyl (C=O) groups excluding carboxylic acids is 1. The average molecular weight is 429 g/mol. The molecule has 3 aromatic rings. The fourth-order valence-electron chi connectivity index (χ4n) is 3.64. The number of nitrogens with one attached hydrogen (secondary N) is 1. The zero-order chi connectivity index (χ0) is 21.1. The Kier molecular flexibility index (Phi) is 6.15. The molecule has 3 heterocycles. The molecular formula is C22H25FN4O2S. The third-order valence-electron chi connectivity index (χ3n) is 5.30. The van der Waals surface area contributed by atoms with E-state index >= 15 is 0 Å². The standard InChI is InChI=1S/C22H25FN4O2S/c1-15(18-12-16(23)5-6-19(18)27-9-7-26(2)8-10-27)24-21(28)13-17-14-30-22(25-17)20-4-3-11-29-20/h3-6,11-12,14-15H,7-10,13H2,1-2H3,(H,24,28). The monoisotopic (exact) mass is 428 g/mol. The molecule has 1 unspecified atom stereocenters. The number of benzene rings is 1. The van der Waals surface area contributed by atoms with Gasteiger partial charge in [-0.05, 0) is 44.3 Å². The van der Waals surface area contributed by atoms with Crippen LogP contribution in [-0.4, -0.2) is 49.0 Å². The molecule has 0 saturated carbocycles. The van der Waals surface area contributed by atoms with Gasteiger partial charge < -0.3 is 19.5 Å². The molecule has 1 saturated heterocycles. The highest BCUT2D eigenvalue weighted by molar-refractivity contribution is 7.13. The Morgan fingerprint density at radius 3 is 2.83 bits per heavy atom. The number of nitrogens with zero attached hydrogens (tertiary/aromatic N) is 3. The van der Waals surface area contributed by atoms with Gasteiger partial charge in [0.2, 0.25) is 5.91 Å². The molecule has 0 radical (unpaired) electrons. The Hall–Kier alpha value is -2.71. The third kappa shape index (κ3) is 4.71. The van der Waals surface area contributed by atoms with Crippen molar-refractivity contribution in [2.45, 2.75) is 19.4 Å². The fourth-order valence-corrected chi connectivity index (χ4v) is 4.43. The van der Waals surface area contributed by atoms with Crippen molar-refractivity contribution < 1.29 is 13.6 Å². The number of amides is 1. The topological polar surface area (TPSA) is 61.6 Å². The maximum Gasteiger partial charge on any atom is 0.226 e. The normalized spacial score (nSPS) is 15.9. The van der Waals surface area contributed by atoms with Gasteiger partial charge in [0.05, 0.1) is 24.4 Å². The van der Waals surface area contributed by atoms with Gasteiger partial charge >= 0.3 is 0 Å². The van der Waals surface area contributed by atoms with Crippen molar-refractivity contribution in [3.05, 3.63) is 59.0 Å². The van der Waals surface area contributed by atoms with E-state index in [2.05, 4.69) is 27.1 Å². The van der Waals surface area contributed by atoms with Gasteiger partial charge in [0.25, 0.3) is 0 Å². The molecule has 0 aliphatic carbocycles. The number of carbonyl (C=O) groups is 1. The molecule has 1 atom stereocenters. The first-order valence-electron chi connectivity index (χ1n) is 10.00. The number of furan rings is 1. The highest BCUT2D eigenvalue weighted by atomic mass is 32.1. The van der Waals surface area contributed by atoms with Crippen LogP contribution in [0.25, 0.3) is 10.8 Å². The van der Waals surface area contributed by atoms with Gasteiger partial charge in [-0.25, -0.2) is 9.37 Å². The largest absolute Gasteiger partial charge is 0.462 e. The summed E-state index contributed by atoms with van der Waals surface area (Å²) in [6, 6.07) is 8.16. The lowest BCUT2D eigenvalue weighted by atomic mass is 10.0. The number of piperazine rings is 1. The van der Waals surface area contributed by atoms with Gasteiger partial charge in [0, 0.05) is 42.8 Å². The van der Waals surface area contributed by atoms with E-state index in [1.807, 2.05) is 30.5 Å². The molecule has 158 valence electrons. The Morgan fingerprint density at radius 2 is 2.10 bits per heavy atom. The molecule has 6 nitrogen and oxygen atoms in total. The van der Waals surface area contributed by atoms with Crippen molar-refractivity contribution >= 4 is 22.9 Å². The number of likely N-dealkylation sites (N-methyl/N-ethyl adjacent to an activating group) is 1. The van der Waals surface area contributed by atoms with E-state index in [1.54, 1.807) is 6.26 Å². The molecule has 0 spiro atoms. The number of hydrogen-bond acceptors (Lipinski definition) is 6. The third-order valence-corrected chi connectivity index (χ3v) is 6.21. The number of halogens is 1. The molecule has 2 aromatic heterocycles. The first kappa shape index (κ1) is 20.6. The Labute approximate surface area is 179 Å². The average Bonchev–Trinajstić information content (AvgIpc) is 3.40. The lowest BCUT2D eigenvalue weighted by molar-refractivity contribution is -0.121. The van der Waals surface area contributed by atoms with E-state index in [-0.39, 0.29) is 24.2 Å². The minimum atomic E-state index is -0.314. The molecule has 1 aliphatic rings. The summed E-state index contributed by atoms with van der Waals surface area (Å²) >= 11 is 1.44. The van der Waals surface area contributed by atoms with Crippen molar-refractivity contribution in [1.82, 2.24) is 15.2 Å². The van der Waals surface area contributed by atoms with Crippen molar-refractivity contribution in [1.29, 1.82) is 0 Å². The lowest BCUT2D eigenvalue weighted by Gasteiger charge is -2.36. The maximum atomic E-state index is 14.0. The van der Waals surface area contributed by atoms with Crippen LogP contribution in [0.15, 0.2) is 46.4 Å². The number of anilines is 1.